The van der Waals surface area contributed by atoms with Crippen molar-refractivity contribution in [3.8, 4) is 0 Å². The lowest BCUT2D eigenvalue weighted by atomic mass is 9.98. The molecular weight excluding hydrogens is 292 g/mol. The molecule has 0 bridgehead atoms. The SMILES string of the molecule is C[C@@H](NC(=O)Nc1ccncc1)c1ccc2c(c1)CCC(=O)N2. The zero-order valence-corrected chi connectivity index (χ0v) is 12.8. The normalized spacial score (nSPS) is 14.4. The molecule has 0 fully saturated rings. The molecule has 118 valence electrons. The van der Waals surface area contributed by atoms with Crippen LogP contribution in [0.5, 0.6) is 0 Å². The van der Waals surface area contributed by atoms with Gasteiger partial charge in [-0.1, -0.05) is 12.1 Å². The summed E-state index contributed by atoms with van der Waals surface area (Å²) in [5.74, 6) is 0.0492. The summed E-state index contributed by atoms with van der Waals surface area (Å²) < 4.78 is 0. The van der Waals surface area contributed by atoms with Crippen LogP contribution in [0.15, 0.2) is 42.7 Å². The van der Waals surface area contributed by atoms with Crippen molar-refractivity contribution in [2.24, 2.45) is 0 Å². The minimum atomic E-state index is -0.269. The van der Waals surface area contributed by atoms with Crippen molar-refractivity contribution in [2.45, 2.75) is 25.8 Å². The zero-order valence-electron chi connectivity index (χ0n) is 12.8. The summed E-state index contributed by atoms with van der Waals surface area (Å²) in [7, 11) is 0. The first-order valence-corrected chi connectivity index (χ1v) is 7.52. The lowest BCUT2D eigenvalue weighted by molar-refractivity contribution is -0.116. The summed E-state index contributed by atoms with van der Waals surface area (Å²) >= 11 is 0. The van der Waals surface area contributed by atoms with E-state index in [1.165, 1.54) is 0 Å². The van der Waals surface area contributed by atoms with Crippen molar-refractivity contribution in [1.29, 1.82) is 0 Å². The molecule has 1 atom stereocenters. The quantitative estimate of drug-likeness (QED) is 0.815. The third-order valence-corrected chi connectivity index (χ3v) is 3.81. The third kappa shape index (κ3) is 3.66. The van der Waals surface area contributed by atoms with Gasteiger partial charge in [0.25, 0.3) is 0 Å². The standard InChI is InChI=1S/C17H18N4O2/c1-11(19-17(23)20-14-6-8-18-9-7-14)12-2-4-15-13(10-12)3-5-16(22)21-15/h2,4,6-11H,3,5H2,1H3,(H,21,22)(H2,18,19,20,23)/t11-/m1/s1. The minimum Gasteiger partial charge on any atom is -0.331 e. The first-order chi connectivity index (χ1) is 11.1. The fourth-order valence-corrected chi connectivity index (χ4v) is 2.56. The largest absolute Gasteiger partial charge is 0.331 e. The van der Waals surface area contributed by atoms with Gasteiger partial charge < -0.3 is 16.0 Å². The Morgan fingerprint density at radius 3 is 2.78 bits per heavy atom. The molecule has 0 saturated carbocycles. The van der Waals surface area contributed by atoms with Gasteiger partial charge in [0, 0.05) is 30.2 Å². The maximum absolute atomic E-state index is 12.0. The van der Waals surface area contributed by atoms with Crippen molar-refractivity contribution in [2.75, 3.05) is 10.6 Å². The van der Waals surface area contributed by atoms with E-state index in [2.05, 4.69) is 20.9 Å². The average Bonchev–Trinajstić information content (AvgIpc) is 2.55. The molecule has 0 saturated heterocycles. The minimum absolute atomic E-state index is 0.0492. The van der Waals surface area contributed by atoms with Gasteiger partial charge in [-0.3, -0.25) is 9.78 Å². The number of fused-ring (bicyclic) bond motifs is 1. The van der Waals surface area contributed by atoms with Crippen LogP contribution >= 0.6 is 0 Å². The number of aromatic nitrogens is 1. The number of carbonyl (C=O) groups is 2. The van der Waals surface area contributed by atoms with E-state index < -0.39 is 0 Å². The van der Waals surface area contributed by atoms with E-state index in [0.717, 1.165) is 23.2 Å². The summed E-state index contributed by atoms with van der Waals surface area (Å²) in [6.07, 6.45) is 4.47. The molecule has 0 spiro atoms. The Balaban J connectivity index is 1.65. The highest BCUT2D eigenvalue weighted by molar-refractivity contribution is 5.94. The molecule has 1 aliphatic heterocycles. The van der Waals surface area contributed by atoms with E-state index in [1.807, 2.05) is 25.1 Å². The molecule has 0 aliphatic carbocycles. The second-order valence-electron chi connectivity index (χ2n) is 5.52. The van der Waals surface area contributed by atoms with E-state index in [9.17, 15) is 9.59 Å². The van der Waals surface area contributed by atoms with Crippen molar-refractivity contribution in [3.63, 3.8) is 0 Å². The van der Waals surface area contributed by atoms with Crippen LogP contribution in [-0.4, -0.2) is 16.9 Å². The Bertz CT molecular complexity index is 731. The Morgan fingerprint density at radius 1 is 1.22 bits per heavy atom. The van der Waals surface area contributed by atoms with Gasteiger partial charge in [0.05, 0.1) is 6.04 Å². The number of rotatable bonds is 3. The van der Waals surface area contributed by atoms with Gasteiger partial charge in [0.1, 0.15) is 0 Å². The Morgan fingerprint density at radius 2 is 2.00 bits per heavy atom. The van der Waals surface area contributed by atoms with E-state index >= 15 is 0 Å². The summed E-state index contributed by atoms with van der Waals surface area (Å²) in [5, 5.41) is 8.52. The first kappa shape index (κ1) is 15.0. The van der Waals surface area contributed by atoms with Gasteiger partial charge >= 0.3 is 6.03 Å². The number of hydrogen-bond donors (Lipinski definition) is 3. The van der Waals surface area contributed by atoms with E-state index in [-0.39, 0.29) is 18.0 Å². The van der Waals surface area contributed by atoms with Crippen molar-refractivity contribution in [1.82, 2.24) is 10.3 Å². The fraction of sp³-hybridized carbons (Fsp3) is 0.235. The Hall–Kier alpha value is -2.89. The smallest absolute Gasteiger partial charge is 0.319 e. The highest BCUT2D eigenvalue weighted by atomic mass is 16.2. The molecular formula is C17H18N4O2. The summed E-state index contributed by atoms with van der Waals surface area (Å²) in [6.45, 7) is 1.93. The number of aryl methyl sites for hydroxylation is 1. The molecule has 1 aromatic carbocycles. The summed E-state index contributed by atoms with van der Waals surface area (Å²) in [4.78, 5) is 27.3. The van der Waals surface area contributed by atoms with Crippen LogP contribution in [0.3, 0.4) is 0 Å². The maximum Gasteiger partial charge on any atom is 0.319 e. The van der Waals surface area contributed by atoms with Crippen LogP contribution in [0.2, 0.25) is 0 Å². The molecule has 23 heavy (non-hydrogen) atoms. The lowest BCUT2D eigenvalue weighted by Crippen LogP contribution is -2.31. The number of carbonyl (C=O) groups excluding carboxylic acids is 2. The second-order valence-corrected chi connectivity index (χ2v) is 5.52. The zero-order chi connectivity index (χ0) is 16.2. The van der Waals surface area contributed by atoms with Gasteiger partial charge in [-0.15, -0.1) is 0 Å². The molecule has 2 aromatic rings. The van der Waals surface area contributed by atoms with Crippen molar-refractivity contribution in [3.05, 3.63) is 53.9 Å². The molecule has 6 heteroatoms. The Kier molecular flexibility index (Phi) is 4.23. The highest BCUT2D eigenvalue weighted by Gasteiger charge is 2.17. The molecule has 3 N–H and O–H groups in total. The fourth-order valence-electron chi connectivity index (χ4n) is 2.56. The molecule has 0 unspecified atom stereocenters. The van der Waals surface area contributed by atoms with Crippen molar-refractivity contribution < 1.29 is 9.59 Å². The maximum atomic E-state index is 12.0. The van der Waals surface area contributed by atoms with E-state index in [0.29, 0.717) is 12.1 Å². The van der Waals surface area contributed by atoms with Crippen LogP contribution < -0.4 is 16.0 Å². The number of amides is 3. The molecule has 1 aliphatic rings. The van der Waals surface area contributed by atoms with Crippen LogP contribution in [0.1, 0.15) is 30.5 Å². The van der Waals surface area contributed by atoms with Crippen LogP contribution in [-0.2, 0) is 11.2 Å². The number of benzene rings is 1. The monoisotopic (exact) mass is 310 g/mol. The number of pyridine rings is 1. The van der Waals surface area contributed by atoms with Gasteiger partial charge in [-0.05, 0) is 42.7 Å². The number of nitrogens with zero attached hydrogens (tertiary/aromatic N) is 1. The predicted octanol–water partition coefficient (Wildman–Crippen LogP) is 2.85. The second kappa shape index (κ2) is 6.48. The molecule has 1 aromatic heterocycles. The van der Waals surface area contributed by atoms with Gasteiger partial charge in [0.15, 0.2) is 0 Å². The number of nitrogens with one attached hydrogen (secondary N) is 3. The molecule has 2 heterocycles. The number of hydrogen-bond acceptors (Lipinski definition) is 3. The number of urea groups is 1. The van der Waals surface area contributed by atoms with Gasteiger partial charge in [-0.25, -0.2) is 4.79 Å². The van der Waals surface area contributed by atoms with Gasteiger partial charge in [-0.2, -0.15) is 0 Å². The molecule has 3 amide bonds. The summed E-state index contributed by atoms with van der Waals surface area (Å²) in [5.41, 5.74) is 3.66. The van der Waals surface area contributed by atoms with Crippen LogP contribution in [0.4, 0.5) is 16.2 Å². The molecule has 6 nitrogen and oxygen atoms in total. The van der Waals surface area contributed by atoms with E-state index in [4.69, 9.17) is 0 Å². The lowest BCUT2D eigenvalue weighted by Gasteiger charge is -2.20. The van der Waals surface area contributed by atoms with Crippen molar-refractivity contribution >= 4 is 23.3 Å². The predicted molar refractivity (Wildman–Crippen MR) is 88.2 cm³/mol. The third-order valence-electron chi connectivity index (χ3n) is 3.81. The highest BCUT2D eigenvalue weighted by Crippen LogP contribution is 2.26. The Labute approximate surface area is 134 Å². The summed E-state index contributed by atoms with van der Waals surface area (Å²) in [6, 6.07) is 8.89. The average molecular weight is 310 g/mol. The van der Waals surface area contributed by atoms with E-state index in [1.54, 1.807) is 24.5 Å². The molecule has 3 rings (SSSR count). The van der Waals surface area contributed by atoms with Gasteiger partial charge in [0.2, 0.25) is 5.91 Å². The topological polar surface area (TPSA) is 83.1 Å². The van der Waals surface area contributed by atoms with Crippen LogP contribution in [0, 0.1) is 0 Å². The van der Waals surface area contributed by atoms with Crippen LogP contribution in [0.25, 0.3) is 0 Å². The number of anilines is 2. The molecule has 0 radical (unpaired) electrons. The first-order valence-electron chi connectivity index (χ1n) is 7.52.